The number of hydrogen-bond acceptors (Lipinski definition) is 3. The molecule has 1 amide bonds. The summed E-state index contributed by atoms with van der Waals surface area (Å²) in [5.74, 6) is -0.145. The van der Waals surface area contributed by atoms with Gasteiger partial charge in [-0.1, -0.05) is 72.8 Å². The van der Waals surface area contributed by atoms with Crippen molar-refractivity contribution in [3.63, 3.8) is 0 Å². The summed E-state index contributed by atoms with van der Waals surface area (Å²) in [4.78, 5) is 22.5. The standard InChI is InChI=1S/C28H19N3O/c32-28(29-19-20-10-4-1-5-11-20)23-16-17-24-25(18-23)31-27(22-14-8-3-9-15-22)26(30-24)21-12-6-2-7-13-21/h1-2,4-8,10-18H,19H2,(H,29,32). The molecule has 1 N–H and O–H groups in total. The maximum absolute atomic E-state index is 12.7. The second-order valence-corrected chi connectivity index (χ2v) is 7.38. The summed E-state index contributed by atoms with van der Waals surface area (Å²) in [6, 6.07) is 36.7. The average Bonchev–Trinajstić information content (AvgIpc) is 2.88. The Morgan fingerprint density at radius 1 is 0.750 bits per heavy atom. The number of nitrogens with one attached hydrogen (secondary N) is 1. The Balaban J connectivity index is 1.54. The minimum absolute atomic E-state index is 0.145. The first-order chi connectivity index (χ1) is 15.8. The van der Waals surface area contributed by atoms with E-state index in [2.05, 4.69) is 17.4 Å². The van der Waals surface area contributed by atoms with Crippen molar-refractivity contribution in [2.24, 2.45) is 0 Å². The van der Waals surface area contributed by atoms with Crippen LogP contribution in [0.15, 0.2) is 97.1 Å². The molecule has 0 unspecified atom stereocenters. The molecule has 1 aromatic heterocycles. The lowest BCUT2D eigenvalue weighted by molar-refractivity contribution is 0.0951. The van der Waals surface area contributed by atoms with Gasteiger partial charge in [-0.05, 0) is 42.0 Å². The number of nitrogens with zero attached hydrogens (tertiary/aromatic N) is 2. The van der Waals surface area contributed by atoms with Crippen LogP contribution in [-0.4, -0.2) is 15.9 Å². The summed E-state index contributed by atoms with van der Waals surface area (Å²) in [6.07, 6.45) is 0. The fraction of sp³-hybridized carbons (Fsp3) is 0.0357. The molecule has 0 aliphatic rings. The van der Waals surface area contributed by atoms with Crippen molar-refractivity contribution in [3.05, 3.63) is 120 Å². The predicted molar refractivity (Wildman–Crippen MR) is 126 cm³/mol. The monoisotopic (exact) mass is 413 g/mol. The van der Waals surface area contributed by atoms with E-state index in [1.807, 2.05) is 84.9 Å². The maximum Gasteiger partial charge on any atom is 0.251 e. The van der Waals surface area contributed by atoms with Crippen molar-refractivity contribution >= 4 is 16.9 Å². The van der Waals surface area contributed by atoms with Gasteiger partial charge in [0.05, 0.1) is 22.4 Å². The first kappa shape index (κ1) is 19.5. The van der Waals surface area contributed by atoms with Gasteiger partial charge in [-0.2, -0.15) is 0 Å². The van der Waals surface area contributed by atoms with E-state index in [4.69, 9.17) is 9.97 Å². The lowest BCUT2D eigenvalue weighted by atomic mass is 10.0. The van der Waals surface area contributed by atoms with Gasteiger partial charge in [-0.15, -0.1) is 0 Å². The second-order valence-electron chi connectivity index (χ2n) is 7.38. The molecule has 0 aliphatic carbocycles. The molecule has 1 heterocycles. The molecular formula is C28H19N3O. The third kappa shape index (κ3) is 4.05. The largest absolute Gasteiger partial charge is 0.348 e. The van der Waals surface area contributed by atoms with E-state index in [-0.39, 0.29) is 5.91 Å². The van der Waals surface area contributed by atoms with E-state index >= 15 is 0 Å². The summed E-state index contributed by atoms with van der Waals surface area (Å²) in [5, 5.41) is 2.97. The highest BCUT2D eigenvalue weighted by atomic mass is 16.1. The zero-order valence-corrected chi connectivity index (χ0v) is 17.2. The molecule has 0 radical (unpaired) electrons. The third-order valence-corrected chi connectivity index (χ3v) is 5.20. The average molecular weight is 413 g/mol. The van der Waals surface area contributed by atoms with Crippen molar-refractivity contribution in [1.29, 1.82) is 0 Å². The van der Waals surface area contributed by atoms with Gasteiger partial charge in [0.2, 0.25) is 0 Å². The Bertz CT molecular complexity index is 1370. The van der Waals surface area contributed by atoms with Gasteiger partial charge in [0.25, 0.3) is 5.91 Å². The van der Waals surface area contributed by atoms with E-state index in [0.717, 1.165) is 33.6 Å². The first-order valence-electron chi connectivity index (χ1n) is 10.4. The van der Waals surface area contributed by atoms with Crippen LogP contribution in [0.25, 0.3) is 33.5 Å². The SMILES string of the molecule is O=C(NCc1ccccc1)c1ccc2nc(-c3ccccc3)c(-c3cc#ccc3)nc2c1. The number of hydrogen-bond donors (Lipinski definition) is 1. The molecule has 152 valence electrons. The topological polar surface area (TPSA) is 54.9 Å². The Morgan fingerprint density at radius 2 is 1.47 bits per heavy atom. The maximum atomic E-state index is 12.7. The van der Waals surface area contributed by atoms with Crippen LogP contribution in [0.5, 0.6) is 0 Å². The Hall–Kier alpha value is -4.49. The minimum atomic E-state index is -0.145. The zero-order valence-electron chi connectivity index (χ0n) is 17.2. The molecule has 0 fully saturated rings. The van der Waals surface area contributed by atoms with Crippen LogP contribution in [0.2, 0.25) is 0 Å². The van der Waals surface area contributed by atoms with Gasteiger partial charge >= 0.3 is 0 Å². The molecule has 5 aromatic rings. The van der Waals surface area contributed by atoms with Gasteiger partial charge in [0, 0.05) is 23.2 Å². The number of rotatable bonds is 5. The summed E-state index contributed by atoms with van der Waals surface area (Å²) in [7, 11) is 0. The molecule has 32 heavy (non-hydrogen) atoms. The van der Waals surface area contributed by atoms with Crippen LogP contribution in [0.1, 0.15) is 15.9 Å². The third-order valence-electron chi connectivity index (χ3n) is 5.20. The van der Waals surface area contributed by atoms with Crippen LogP contribution in [0.4, 0.5) is 0 Å². The van der Waals surface area contributed by atoms with Gasteiger partial charge in [0.15, 0.2) is 0 Å². The highest BCUT2D eigenvalue weighted by molar-refractivity contribution is 5.98. The van der Waals surface area contributed by atoms with Gasteiger partial charge in [0.1, 0.15) is 0 Å². The zero-order chi connectivity index (χ0) is 21.8. The van der Waals surface area contributed by atoms with Crippen molar-refractivity contribution in [2.75, 3.05) is 0 Å². The second kappa shape index (κ2) is 8.71. The van der Waals surface area contributed by atoms with Crippen LogP contribution >= 0.6 is 0 Å². The highest BCUT2D eigenvalue weighted by Crippen LogP contribution is 2.30. The fourth-order valence-corrected chi connectivity index (χ4v) is 3.57. The van der Waals surface area contributed by atoms with Gasteiger partial charge in [-0.25, -0.2) is 9.97 Å². The van der Waals surface area contributed by atoms with Crippen LogP contribution < -0.4 is 5.32 Å². The lowest BCUT2D eigenvalue weighted by Crippen LogP contribution is -2.22. The minimum Gasteiger partial charge on any atom is -0.348 e. The number of fused-ring (bicyclic) bond motifs is 1. The van der Waals surface area contributed by atoms with E-state index < -0.39 is 0 Å². The molecule has 4 aromatic carbocycles. The van der Waals surface area contributed by atoms with Crippen molar-refractivity contribution in [3.8, 4) is 22.5 Å². The van der Waals surface area contributed by atoms with Crippen LogP contribution in [0.3, 0.4) is 0 Å². The summed E-state index contributed by atoms with van der Waals surface area (Å²) in [6.45, 7) is 0.470. The highest BCUT2D eigenvalue weighted by Gasteiger charge is 2.14. The number of benzene rings is 3. The molecule has 4 nitrogen and oxygen atoms in total. The summed E-state index contributed by atoms with van der Waals surface area (Å²) >= 11 is 0. The predicted octanol–water partition coefficient (Wildman–Crippen LogP) is 5.49. The molecular weight excluding hydrogens is 394 g/mol. The van der Waals surface area contributed by atoms with Gasteiger partial charge in [-0.3, -0.25) is 4.79 Å². The molecule has 0 spiro atoms. The normalized spacial score (nSPS) is 10.5. The summed E-state index contributed by atoms with van der Waals surface area (Å²) < 4.78 is 0. The molecule has 0 atom stereocenters. The molecule has 0 aliphatic heterocycles. The number of aromatic nitrogens is 2. The molecule has 0 saturated heterocycles. The first-order valence-corrected chi connectivity index (χ1v) is 10.4. The van der Waals surface area contributed by atoms with Crippen LogP contribution in [-0.2, 0) is 6.54 Å². The summed E-state index contributed by atoms with van der Waals surface area (Å²) in [5.41, 5.74) is 6.42. The van der Waals surface area contributed by atoms with E-state index in [9.17, 15) is 4.79 Å². The number of amides is 1. The van der Waals surface area contributed by atoms with Crippen molar-refractivity contribution in [2.45, 2.75) is 6.54 Å². The molecule has 5 rings (SSSR count). The van der Waals surface area contributed by atoms with Gasteiger partial charge < -0.3 is 5.32 Å². The quantitative estimate of drug-likeness (QED) is 0.414. The molecule has 4 heteroatoms. The Labute approximate surface area is 186 Å². The lowest BCUT2D eigenvalue weighted by Gasteiger charge is -2.11. The van der Waals surface area contributed by atoms with Crippen molar-refractivity contribution < 1.29 is 4.79 Å². The smallest absolute Gasteiger partial charge is 0.251 e. The molecule has 0 saturated carbocycles. The fourth-order valence-electron chi connectivity index (χ4n) is 3.57. The number of carbonyl (C=O) groups is 1. The number of carbonyl (C=O) groups excluding carboxylic acids is 1. The van der Waals surface area contributed by atoms with E-state index in [0.29, 0.717) is 17.6 Å². The Morgan fingerprint density at radius 3 is 2.22 bits per heavy atom. The Kier molecular flexibility index (Phi) is 5.30. The van der Waals surface area contributed by atoms with E-state index in [1.54, 1.807) is 12.1 Å². The molecule has 0 bridgehead atoms. The van der Waals surface area contributed by atoms with E-state index in [1.165, 1.54) is 0 Å². The van der Waals surface area contributed by atoms with Crippen molar-refractivity contribution in [1.82, 2.24) is 15.3 Å². The van der Waals surface area contributed by atoms with Crippen LogP contribution in [0, 0.1) is 12.1 Å².